The van der Waals surface area contributed by atoms with Crippen molar-refractivity contribution in [2.75, 3.05) is 32.8 Å². The first-order chi connectivity index (χ1) is 25.4. The molecule has 4 aliphatic heterocycles. The average Bonchev–Trinajstić information content (AvgIpc) is 3.57. The van der Waals surface area contributed by atoms with Crippen molar-refractivity contribution < 1.29 is 23.9 Å². The minimum Gasteiger partial charge on any atom is -0.447 e. The van der Waals surface area contributed by atoms with Crippen LogP contribution in [0.15, 0.2) is 97.1 Å². The van der Waals surface area contributed by atoms with Crippen LogP contribution >= 0.6 is 0 Å². The average molecular weight is 704 g/mol. The van der Waals surface area contributed by atoms with E-state index in [1.165, 1.54) is 29.1 Å². The number of nitrogens with one attached hydrogen (secondary N) is 1. The molecular formula is C42H49N5O5. The monoisotopic (exact) mass is 703 g/mol. The van der Waals surface area contributed by atoms with Crippen molar-refractivity contribution in [3.63, 3.8) is 0 Å². The number of likely N-dealkylation sites (tertiary alicyclic amines) is 3. The molecule has 52 heavy (non-hydrogen) atoms. The summed E-state index contributed by atoms with van der Waals surface area (Å²) in [7, 11) is 0. The fraction of sp³-hybridized carbons (Fsp3) is 0.429. The standard InChI is InChI=1S/C42H49N5O5/c1-30(32-16-8-3-9-17-32)43-40(49)36(28-38(48)45-26-22-34(23-27-45)44-24-12-5-13-25-44)46-35(21-20-31-14-6-2-7-15-31)39(41(46)50)47-37(29-52-42(47)51)33-18-10-4-11-19-33/h2-4,6-11,14-21,30,34-37,39H,5,12-13,22-29H2,1H3,(H,43,49)/b21-20+/t30-,35-,36+,37-,39+/m1/s1. The van der Waals surface area contributed by atoms with E-state index in [1.54, 1.807) is 0 Å². The third-order valence-electron chi connectivity index (χ3n) is 11.2. The molecule has 0 bridgehead atoms. The van der Waals surface area contributed by atoms with Crippen LogP contribution in [0, 0.1) is 0 Å². The van der Waals surface area contributed by atoms with Crippen LogP contribution in [0.2, 0.25) is 0 Å². The molecule has 10 heteroatoms. The Morgan fingerprint density at radius 1 is 0.846 bits per heavy atom. The van der Waals surface area contributed by atoms with Crippen LogP contribution in [0.5, 0.6) is 0 Å². The lowest BCUT2D eigenvalue weighted by molar-refractivity contribution is -0.164. The number of piperidine rings is 2. The Bertz CT molecular complexity index is 1720. The Morgan fingerprint density at radius 2 is 1.48 bits per heavy atom. The Hall–Kier alpha value is -4.96. The van der Waals surface area contributed by atoms with Gasteiger partial charge in [0.05, 0.1) is 24.5 Å². The molecule has 1 N–H and O–H groups in total. The normalized spacial score (nSPS) is 24.0. The molecule has 0 saturated carbocycles. The third-order valence-corrected chi connectivity index (χ3v) is 11.2. The second-order valence-corrected chi connectivity index (χ2v) is 14.4. The van der Waals surface area contributed by atoms with Gasteiger partial charge in [0.2, 0.25) is 17.7 Å². The molecule has 4 aliphatic rings. The summed E-state index contributed by atoms with van der Waals surface area (Å²) in [5, 5.41) is 3.11. The lowest BCUT2D eigenvalue weighted by Gasteiger charge is -2.52. The molecule has 3 aromatic carbocycles. The maximum atomic E-state index is 14.5. The van der Waals surface area contributed by atoms with Gasteiger partial charge in [-0.1, -0.05) is 110 Å². The molecule has 4 heterocycles. The number of benzene rings is 3. The number of β-lactam (4-membered cyclic amide) rings is 1. The van der Waals surface area contributed by atoms with E-state index in [2.05, 4.69) is 10.2 Å². The maximum Gasteiger partial charge on any atom is 0.411 e. The summed E-state index contributed by atoms with van der Waals surface area (Å²) in [5.41, 5.74) is 2.69. The summed E-state index contributed by atoms with van der Waals surface area (Å²) in [5.74, 6) is -0.928. The zero-order valence-electron chi connectivity index (χ0n) is 29.9. The molecule has 0 aliphatic carbocycles. The Balaban J connectivity index is 1.17. The highest BCUT2D eigenvalue weighted by atomic mass is 16.6. The van der Waals surface area contributed by atoms with E-state index < -0.39 is 36.2 Å². The van der Waals surface area contributed by atoms with Crippen LogP contribution in [-0.4, -0.2) is 100 Å². The van der Waals surface area contributed by atoms with Crippen LogP contribution < -0.4 is 5.32 Å². The molecule has 10 nitrogen and oxygen atoms in total. The van der Waals surface area contributed by atoms with Crippen molar-refractivity contribution in [1.82, 2.24) is 24.9 Å². The van der Waals surface area contributed by atoms with E-state index >= 15 is 0 Å². The molecule has 7 rings (SSSR count). The van der Waals surface area contributed by atoms with Crippen molar-refractivity contribution >= 4 is 29.9 Å². The molecule has 272 valence electrons. The van der Waals surface area contributed by atoms with Gasteiger partial charge in [0.15, 0.2) is 0 Å². The molecule has 0 radical (unpaired) electrons. The summed E-state index contributed by atoms with van der Waals surface area (Å²) in [6.07, 6.45) is 8.60. The van der Waals surface area contributed by atoms with E-state index in [9.17, 15) is 19.2 Å². The number of cyclic esters (lactones) is 1. The highest BCUT2D eigenvalue weighted by Gasteiger charge is 2.58. The summed E-state index contributed by atoms with van der Waals surface area (Å²) >= 11 is 0. The van der Waals surface area contributed by atoms with Crippen LogP contribution in [0.1, 0.15) is 74.2 Å². The summed E-state index contributed by atoms with van der Waals surface area (Å²) < 4.78 is 5.54. The number of rotatable bonds is 11. The number of hydrogen-bond acceptors (Lipinski definition) is 6. The molecule has 0 aromatic heterocycles. The fourth-order valence-electron chi connectivity index (χ4n) is 8.31. The van der Waals surface area contributed by atoms with Gasteiger partial charge in [-0.05, 0) is 62.4 Å². The first-order valence-corrected chi connectivity index (χ1v) is 18.8. The van der Waals surface area contributed by atoms with Gasteiger partial charge in [-0.25, -0.2) is 4.79 Å². The second-order valence-electron chi connectivity index (χ2n) is 14.4. The van der Waals surface area contributed by atoms with E-state index in [0.29, 0.717) is 19.1 Å². The zero-order valence-corrected chi connectivity index (χ0v) is 29.9. The minimum atomic E-state index is -1.08. The Morgan fingerprint density at radius 3 is 2.15 bits per heavy atom. The van der Waals surface area contributed by atoms with Crippen molar-refractivity contribution in [2.45, 2.75) is 81.7 Å². The molecular weight excluding hydrogens is 654 g/mol. The topological polar surface area (TPSA) is 103 Å². The number of nitrogens with zero attached hydrogens (tertiary/aromatic N) is 4. The predicted octanol–water partition coefficient (Wildman–Crippen LogP) is 5.59. The quantitative estimate of drug-likeness (QED) is 0.262. The molecule has 0 spiro atoms. The van der Waals surface area contributed by atoms with E-state index in [4.69, 9.17) is 4.74 Å². The van der Waals surface area contributed by atoms with Crippen LogP contribution in [-0.2, 0) is 19.1 Å². The first-order valence-electron chi connectivity index (χ1n) is 18.8. The Kier molecular flexibility index (Phi) is 11.0. The third kappa shape index (κ3) is 7.62. The van der Waals surface area contributed by atoms with Crippen LogP contribution in [0.25, 0.3) is 6.08 Å². The largest absolute Gasteiger partial charge is 0.447 e. The van der Waals surface area contributed by atoms with Gasteiger partial charge in [0.25, 0.3) is 0 Å². The summed E-state index contributed by atoms with van der Waals surface area (Å²) in [6.45, 7) is 5.50. The first kappa shape index (κ1) is 35.4. The summed E-state index contributed by atoms with van der Waals surface area (Å²) in [4.78, 5) is 63.8. The predicted molar refractivity (Wildman–Crippen MR) is 199 cm³/mol. The van der Waals surface area contributed by atoms with Gasteiger partial charge in [-0.3, -0.25) is 19.3 Å². The number of amides is 4. The zero-order chi connectivity index (χ0) is 36.0. The lowest BCUT2D eigenvalue weighted by Crippen LogP contribution is -2.74. The van der Waals surface area contributed by atoms with Gasteiger partial charge in [0.1, 0.15) is 18.7 Å². The fourth-order valence-corrected chi connectivity index (χ4v) is 8.31. The van der Waals surface area contributed by atoms with Crippen molar-refractivity contribution in [3.8, 4) is 0 Å². The van der Waals surface area contributed by atoms with Crippen molar-refractivity contribution in [2.24, 2.45) is 0 Å². The van der Waals surface area contributed by atoms with Gasteiger partial charge < -0.3 is 24.8 Å². The molecule has 4 fully saturated rings. The Labute approximate surface area is 306 Å². The highest BCUT2D eigenvalue weighted by molar-refractivity contribution is 5.99. The number of hydrogen-bond donors (Lipinski definition) is 1. The second kappa shape index (κ2) is 16.2. The molecule has 0 unspecified atom stereocenters. The van der Waals surface area contributed by atoms with Gasteiger partial charge in [0, 0.05) is 19.1 Å². The van der Waals surface area contributed by atoms with E-state index in [1.807, 2.05) is 115 Å². The molecule has 5 atom stereocenters. The van der Waals surface area contributed by atoms with Gasteiger partial charge in [-0.15, -0.1) is 0 Å². The van der Waals surface area contributed by atoms with Gasteiger partial charge in [-0.2, -0.15) is 0 Å². The minimum absolute atomic E-state index is 0.117. The highest BCUT2D eigenvalue weighted by Crippen LogP contribution is 2.39. The number of ether oxygens (including phenoxy) is 1. The maximum absolute atomic E-state index is 14.5. The van der Waals surface area contributed by atoms with Crippen molar-refractivity contribution in [3.05, 3.63) is 114 Å². The number of carbonyl (C=O) groups excluding carboxylic acids is 4. The van der Waals surface area contributed by atoms with Crippen LogP contribution in [0.4, 0.5) is 4.79 Å². The lowest BCUT2D eigenvalue weighted by atomic mass is 9.87. The molecule has 3 aromatic rings. The summed E-state index contributed by atoms with van der Waals surface area (Å²) in [6, 6.07) is 25.9. The van der Waals surface area contributed by atoms with Crippen LogP contribution in [0.3, 0.4) is 0 Å². The van der Waals surface area contributed by atoms with Crippen molar-refractivity contribution in [1.29, 1.82) is 0 Å². The van der Waals surface area contributed by atoms with Gasteiger partial charge >= 0.3 is 6.09 Å². The van der Waals surface area contributed by atoms with E-state index in [-0.39, 0.29) is 30.9 Å². The molecule has 4 saturated heterocycles. The molecule has 4 amide bonds. The SMILES string of the molecule is C[C@@H](NC(=O)[C@H](CC(=O)N1CCC(N2CCCCC2)CC1)N1C(=O)[C@@H](N2C(=O)OC[C@@H]2c2ccccc2)[C@H]1/C=C/c1ccccc1)c1ccccc1. The smallest absolute Gasteiger partial charge is 0.411 e. The van der Waals surface area contributed by atoms with E-state index in [0.717, 1.165) is 42.6 Å². The number of carbonyl (C=O) groups is 4.